The van der Waals surface area contributed by atoms with E-state index in [1.807, 2.05) is 0 Å². The minimum Gasteiger partial charge on any atom is -0.504 e. The van der Waals surface area contributed by atoms with Crippen molar-refractivity contribution < 1.29 is 10.2 Å². The fourth-order valence-corrected chi connectivity index (χ4v) is 1.56. The summed E-state index contributed by atoms with van der Waals surface area (Å²) in [5.41, 5.74) is 1.32. The van der Waals surface area contributed by atoms with Gasteiger partial charge >= 0.3 is 0 Å². The van der Waals surface area contributed by atoms with Gasteiger partial charge in [-0.15, -0.1) is 0 Å². The van der Waals surface area contributed by atoms with Crippen LogP contribution in [0.1, 0.15) is 0 Å². The number of aromatic hydroxyl groups is 2. The topological polar surface area (TPSA) is 50.3 Å². The molecule has 2 heterocycles. The van der Waals surface area contributed by atoms with Gasteiger partial charge in [-0.25, -0.2) is 0 Å². The Balaban J connectivity index is 3.01. The van der Waals surface area contributed by atoms with Gasteiger partial charge in [-0.05, 0) is 0 Å². The Bertz CT molecular complexity index is 364. The Kier molecular flexibility index (Phi) is 1.16. The van der Waals surface area contributed by atoms with E-state index >= 15 is 0 Å². The van der Waals surface area contributed by atoms with Gasteiger partial charge in [0, 0.05) is 26.5 Å². The molecule has 0 fully saturated rings. The Hall–Kier alpha value is -1.58. The van der Waals surface area contributed by atoms with Gasteiger partial charge in [0.15, 0.2) is 11.5 Å². The summed E-state index contributed by atoms with van der Waals surface area (Å²) in [6, 6.07) is 0. The van der Waals surface area contributed by atoms with Crippen molar-refractivity contribution >= 4 is 11.0 Å². The van der Waals surface area contributed by atoms with Crippen molar-refractivity contribution in [3.8, 4) is 11.5 Å². The molecule has 0 atom stereocenters. The van der Waals surface area contributed by atoms with Crippen LogP contribution in [0.4, 0.5) is 0 Å². The Labute approximate surface area is 69.3 Å². The Morgan fingerprint density at radius 2 is 1.25 bits per heavy atom. The van der Waals surface area contributed by atoms with E-state index in [4.69, 9.17) is 0 Å². The zero-order valence-corrected chi connectivity index (χ0v) is 6.94. The van der Waals surface area contributed by atoms with Crippen molar-refractivity contribution in [3.05, 3.63) is 12.4 Å². The van der Waals surface area contributed by atoms with Crippen LogP contribution in [0.25, 0.3) is 11.0 Å². The van der Waals surface area contributed by atoms with Gasteiger partial charge < -0.3 is 19.3 Å². The fraction of sp³-hybridized carbons (Fsp3) is 0.250. The van der Waals surface area contributed by atoms with Crippen LogP contribution < -0.4 is 0 Å². The molecule has 2 rings (SSSR count). The van der Waals surface area contributed by atoms with Crippen molar-refractivity contribution in [1.82, 2.24) is 9.13 Å². The highest BCUT2D eigenvalue weighted by Crippen LogP contribution is 2.33. The smallest absolute Gasteiger partial charge is 0.157 e. The molecule has 12 heavy (non-hydrogen) atoms. The third-order valence-electron chi connectivity index (χ3n) is 2.05. The van der Waals surface area contributed by atoms with Crippen LogP contribution in [0.3, 0.4) is 0 Å². The highest BCUT2D eigenvalue weighted by Gasteiger charge is 2.13. The summed E-state index contributed by atoms with van der Waals surface area (Å²) in [5.74, 6) is 0.380. The van der Waals surface area contributed by atoms with Crippen molar-refractivity contribution in [1.29, 1.82) is 0 Å². The second-order valence-electron chi connectivity index (χ2n) is 2.95. The van der Waals surface area contributed by atoms with Crippen LogP contribution in [0.2, 0.25) is 0 Å². The normalized spacial score (nSPS) is 11.2. The Morgan fingerprint density at radius 3 is 1.58 bits per heavy atom. The SMILES string of the molecule is Cn1cc(O)c2c1c(O)cn2C. The molecule has 0 saturated heterocycles. The third-order valence-corrected chi connectivity index (χ3v) is 2.05. The van der Waals surface area contributed by atoms with E-state index in [1.165, 1.54) is 0 Å². The maximum absolute atomic E-state index is 9.43. The zero-order chi connectivity index (χ0) is 8.88. The quantitative estimate of drug-likeness (QED) is 0.611. The molecule has 0 amide bonds. The van der Waals surface area contributed by atoms with E-state index in [0.717, 1.165) is 0 Å². The van der Waals surface area contributed by atoms with E-state index in [-0.39, 0.29) is 11.5 Å². The molecule has 2 aromatic heterocycles. The van der Waals surface area contributed by atoms with Crippen LogP contribution in [0.15, 0.2) is 12.4 Å². The summed E-state index contributed by atoms with van der Waals surface area (Å²) in [7, 11) is 3.56. The first kappa shape index (κ1) is 7.09. The highest BCUT2D eigenvalue weighted by atomic mass is 16.3. The average molecular weight is 166 g/mol. The molecule has 0 aromatic carbocycles. The molecule has 2 N–H and O–H groups in total. The average Bonchev–Trinajstić information content (AvgIpc) is 2.38. The second-order valence-corrected chi connectivity index (χ2v) is 2.95. The zero-order valence-electron chi connectivity index (χ0n) is 6.94. The first-order valence-electron chi connectivity index (χ1n) is 3.63. The molecule has 4 heteroatoms. The molecule has 0 aliphatic carbocycles. The van der Waals surface area contributed by atoms with Gasteiger partial charge in [-0.3, -0.25) is 0 Å². The maximum atomic E-state index is 9.43. The van der Waals surface area contributed by atoms with Gasteiger partial charge in [0.1, 0.15) is 11.0 Å². The molecule has 0 aliphatic rings. The van der Waals surface area contributed by atoms with E-state index in [9.17, 15) is 10.2 Å². The third kappa shape index (κ3) is 0.664. The largest absolute Gasteiger partial charge is 0.504 e. The molecule has 0 spiro atoms. The number of hydrogen-bond acceptors (Lipinski definition) is 2. The molecule has 2 aromatic rings. The first-order valence-corrected chi connectivity index (χ1v) is 3.63. The van der Waals surface area contributed by atoms with Crippen LogP contribution in [-0.4, -0.2) is 19.3 Å². The predicted octanol–water partition coefficient (Wildman–Crippen LogP) is 0.928. The number of fused-ring (bicyclic) bond motifs is 1. The molecule has 0 bridgehead atoms. The van der Waals surface area contributed by atoms with Gasteiger partial charge in [0.25, 0.3) is 0 Å². The molecule has 4 nitrogen and oxygen atoms in total. The minimum absolute atomic E-state index is 0.190. The lowest BCUT2D eigenvalue weighted by molar-refractivity contribution is 0.473. The van der Waals surface area contributed by atoms with Crippen LogP contribution in [0, 0.1) is 0 Å². The summed E-state index contributed by atoms with van der Waals surface area (Å²) in [6.07, 6.45) is 3.15. The molecule has 0 aliphatic heterocycles. The summed E-state index contributed by atoms with van der Waals surface area (Å²) in [5, 5.41) is 18.9. The molecular weight excluding hydrogens is 156 g/mol. The summed E-state index contributed by atoms with van der Waals surface area (Å²) < 4.78 is 3.39. The van der Waals surface area contributed by atoms with Gasteiger partial charge in [-0.2, -0.15) is 0 Å². The van der Waals surface area contributed by atoms with E-state index in [2.05, 4.69) is 0 Å². The maximum Gasteiger partial charge on any atom is 0.157 e. The molecule has 0 unspecified atom stereocenters. The highest BCUT2D eigenvalue weighted by molar-refractivity contribution is 5.89. The van der Waals surface area contributed by atoms with E-state index in [0.29, 0.717) is 11.0 Å². The van der Waals surface area contributed by atoms with Gasteiger partial charge in [0.2, 0.25) is 0 Å². The van der Waals surface area contributed by atoms with Crippen molar-refractivity contribution in [2.24, 2.45) is 14.1 Å². The standard InChI is InChI=1S/C8H10N2O2/c1-9-3-5(11)8-7(9)6(12)4-10(8)2/h3-4,11-12H,1-2H3. The van der Waals surface area contributed by atoms with Crippen molar-refractivity contribution in [3.63, 3.8) is 0 Å². The van der Waals surface area contributed by atoms with E-state index in [1.54, 1.807) is 35.6 Å². The Morgan fingerprint density at radius 1 is 0.917 bits per heavy atom. The van der Waals surface area contributed by atoms with Gasteiger partial charge in [-0.1, -0.05) is 0 Å². The lowest BCUT2D eigenvalue weighted by Gasteiger charge is -1.89. The number of nitrogens with zero attached hydrogens (tertiary/aromatic N) is 2. The summed E-state index contributed by atoms with van der Waals surface area (Å²) in [6.45, 7) is 0. The van der Waals surface area contributed by atoms with Crippen LogP contribution in [-0.2, 0) is 14.1 Å². The number of aromatic nitrogens is 2. The van der Waals surface area contributed by atoms with Crippen molar-refractivity contribution in [2.45, 2.75) is 0 Å². The van der Waals surface area contributed by atoms with Gasteiger partial charge in [0.05, 0.1) is 0 Å². The minimum atomic E-state index is 0.190. The number of aryl methyl sites for hydroxylation is 2. The van der Waals surface area contributed by atoms with Crippen LogP contribution in [0.5, 0.6) is 11.5 Å². The lowest BCUT2D eigenvalue weighted by atomic mass is 10.4. The molecule has 0 radical (unpaired) electrons. The monoisotopic (exact) mass is 166 g/mol. The second kappa shape index (κ2) is 1.97. The van der Waals surface area contributed by atoms with Crippen molar-refractivity contribution in [2.75, 3.05) is 0 Å². The van der Waals surface area contributed by atoms with E-state index < -0.39 is 0 Å². The van der Waals surface area contributed by atoms with Crippen LogP contribution >= 0.6 is 0 Å². The molecule has 0 saturated carbocycles. The molecular formula is C8H10N2O2. The summed E-state index contributed by atoms with van der Waals surface area (Å²) in [4.78, 5) is 0. The summed E-state index contributed by atoms with van der Waals surface area (Å²) >= 11 is 0. The predicted molar refractivity (Wildman–Crippen MR) is 45.2 cm³/mol. The number of rotatable bonds is 0. The number of hydrogen-bond donors (Lipinski definition) is 2. The fourth-order valence-electron chi connectivity index (χ4n) is 1.56. The molecule has 64 valence electrons. The lowest BCUT2D eigenvalue weighted by Crippen LogP contribution is -1.81. The first-order chi connectivity index (χ1) is 5.61.